The van der Waals surface area contributed by atoms with Crippen LogP contribution in [0.5, 0.6) is 11.5 Å². The fourth-order valence-corrected chi connectivity index (χ4v) is 5.05. The molecule has 1 aromatic heterocycles. The third kappa shape index (κ3) is 4.69. The first-order valence-corrected chi connectivity index (χ1v) is 12.5. The molecule has 0 aliphatic carbocycles. The average molecular weight is 500 g/mol. The quantitative estimate of drug-likeness (QED) is 0.273. The number of hydrogen-bond acceptors (Lipinski definition) is 4. The Balaban J connectivity index is 1.63. The van der Waals surface area contributed by atoms with Gasteiger partial charge in [0.05, 0.1) is 12.6 Å². The maximum atomic E-state index is 13.7. The molecule has 37 heavy (non-hydrogen) atoms. The summed E-state index contributed by atoms with van der Waals surface area (Å²) < 4.78 is 19.5. The Kier molecular flexibility index (Phi) is 6.70. The van der Waals surface area contributed by atoms with Crippen LogP contribution in [0.4, 0.5) is 4.39 Å². The topological polar surface area (TPSA) is 78.5 Å². The predicted molar refractivity (Wildman–Crippen MR) is 140 cm³/mol. The standard InChI is InChI=1S/C30H30FN3O3/c1-4-5-13-37-23-8-6-7-21(16-23)29-26-27(25-19(3)14-18(2)15-24(25)35)32-33-28(26)30(36)34(29)17-20-9-11-22(31)12-10-20/h6-12,14-16,29,35H,4-5,13,17H2,1-3H3,(H,32,33). The molecule has 1 aliphatic rings. The summed E-state index contributed by atoms with van der Waals surface area (Å²) in [6, 6.07) is 17.1. The largest absolute Gasteiger partial charge is 0.507 e. The van der Waals surface area contributed by atoms with Crippen molar-refractivity contribution in [1.29, 1.82) is 0 Å². The van der Waals surface area contributed by atoms with Crippen LogP contribution in [0.25, 0.3) is 11.3 Å². The second-order valence-electron chi connectivity index (χ2n) is 9.57. The highest BCUT2D eigenvalue weighted by Gasteiger charge is 2.43. The van der Waals surface area contributed by atoms with Crippen LogP contribution in [-0.2, 0) is 6.54 Å². The zero-order valence-electron chi connectivity index (χ0n) is 21.2. The summed E-state index contributed by atoms with van der Waals surface area (Å²) in [6.07, 6.45) is 1.98. The van der Waals surface area contributed by atoms with E-state index in [-0.39, 0.29) is 24.0 Å². The summed E-state index contributed by atoms with van der Waals surface area (Å²) >= 11 is 0. The van der Waals surface area contributed by atoms with Crippen LogP contribution >= 0.6 is 0 Å². The van der Waals surface area contributed by atoms with Gasteiger partial charge in [-0.1, -0.05) is 43.7 Å². The molecule has 1 atom stereocenters. The highest BCUT2D eigenvalue weighted by Crippen LogP contribution is 2.46. The predicted octanol–water partition coefficient (Wildman–Crippen LogP) is 6.46. The first kappa shape index (κ1) is 24.6. The molecule has 4 aromatic rings. The SMILES string of the molecule is CCCCOc1cccc(C2c3c(-c4c(C)cc(C)cc4O)n[nH]c3C(=O)N2Cc2ccc(F)cc2)c1. The highest BCUT2D eigenvalue weighted by molar-refractivity contribution is 6.00. The number of benzene rings is 3. The van der Waals surface area contributed by atoms with Gasteiger partial charge in [-0.15, -0.1) is 0 Å². The number of carbonyl (C=O) groups is 1. The highest BCUT2D eigenvalue weighted by atomic mass is 19.1. The number of carbonyl (C=O) groups excluding carboxylic acids is 1. The number of hydrogen-bond donors (Lipinski definition) is 2. The number of nitrogens with one attached hydrogen (secondary N) is 1. The Morgan fingerprint density at radius 2 is 1.89 bits per heavy atom. The number of ether oxygens (including phenoxy) is 1. The Labute approximate surface area is 215 Å². The molecule has 1 unspecified atom stereocenters. The van der Waals surface area contributed by atoms with Crippen LogP contribution in [-0.4, -0.2) is 32.7 Å². The van der Waals surface area contributed by atoms with Crippen molar-refractivity contribution in [1.82, 2.24) is 15.1 Å². The molecule has 2 heterocycles. The van der Waals surface area contributed by atoms with Gasteiger partial charge in [-0.05, 0) is 72.9 Å². The summed E-state index contributed by atoms with van der Waals surface area (Å²) in [5.41, 5.74) is 5.72. The van der Waals surface area contributed by atoms with E-state index in [1.54, 1.807) is 23.1 Å². The van der Waals surface area contributed by atoms with Crippen molar-refractivity contribution in [2.75, 3.05) is 6.61 Å². The molecule has 0 radical (unpaired) electrons. The number of aryl methyl sites for hydroxylation is 2. The van der Waals surface area contributed by atoms with E-state index in [4.69, 9.17) is 4.74 Å². The lowest BCUT2D eigenvalue weighted by Gasteiger charge is -2.27. The number of phenolic OH excluding ortho intramolecular Hbond substituents is 1. The fraction of sp³-hybridized carbons (Fsp3) is 0.267. The number of rotatable bonds is 8. The van der Waals surface area contributed by atoms with Gasteiger partial charge in [0.1, 0.15) is 28.7 Å². The van der Waals surface area contributed by atoms with Gasteiger partial charge in [0.25, 0.3) is 5.91 Å². The second-order valence-corrected chi connectivity index (χ2v) is 9.57. The van der Waals surface area contributed by atoms with Crippen molar-refractivity contribution in [2.45, 2.75) is 46.2 Å². The summed E-state index contributed by atoms with van der Waals surface area (Å²) in [5.74, 6) is 0.316. The van der Waals surface area contributed by atoms with E-state index in [2.05, 4.69) is 17.1 Å². The summed E-state index contributed by atoms with van der Waals surface area (Å²) in [5, 5.41) is 18.3. The summed E-state index contributed by atoms with van der Waals surface area (Å²) in [4.78, 5) is 15.5. The summed E-state index contributed by atoms with van der Waals surface area (Å²) in [7, 11) is 0. The van der Waals surface area contributed by atoms with Crippen molar-refractivity contribution >= 4 is 5.91 Å². The Morgan fingerprint density at radius 3 is 2.62 bits per heavy atom. The van der Waals surface area contributed by atoms with Crippen LogP contribution in [0.2, 0.25) is 0 Å². The van der Waals surface area contributed by atoms with Crippen LogP contribution in [0, 0.1) is 19.7 Å². The molecule has 0 saturated heterocycles. The smallest absolute Gasteiger partial charge is 0.273 e. The molecular weight excluding hydrogens is 469 g/mol. The zero-order chi connectivity index (χ0) is 26.1. The number of fused-ring (bicyclic) bond motifs is 1. The van der Waals surface area contributed by atoms with Gasteiger partial charge in [0, 0.05) is 17.7 Å². The molecule has 1 amide bonds. The molecule has 3 aromatic carbocycles. The number of aromatic nitrogens is 2. The maximum absolute atomic E-state index is 13.7. The number of aromatic hydroxyl groups is 1. The van der Waals surface area contributed by atoms with E-state index in [1.807, 2.05) is 44.2 Å². The van der Waals surface area contributed by atoms with Crippen molar-refractivity contribution in [3.05, 3.63) is 100.0 Å². The molecule has 2 N–H and O–H groups in total. The van der Waals surface area contributed by atoms with E-state index in [0.717, 1.165) is 40.8 Å². The number of H-pyrrole nitrogens is 1. The first-order chi connectivity index (χ1) is 17.9. The van der Waals surface area contributed by atoms with Gasteiger partial charge >= 0.3 is 0 Å². The van der Waals surface area contributed by atoms with Crippen LogP contribution in [0.1, 0.15) is 64.1 Å². The number of nitrogens with zero attached hydrogens (tertiary/aromatic N) is 2. The average Bonchev–Trinajstić information content (AvgIpc) is 3.39. The second kappa shape index (κ2) is 10.1. The number of phenols is 1. The monoisotopic (exact) mass is 499 g/mol. The summed E-state index contributed by atoms with van der Waals surface area (Å²) in [6.45, 7) is 6.86. The lowest BCUT2D eigenvalue weighted by molar-refractivity contribution is 0.0730. The third-order valence-electron chi connectivity index (χ3n) is 6.77. The molecular formula is C30H30FN3O3. The van der Waals surface area contributed by atoms with Crippen molar-refractivity contribution in [2.24, 2.45) is 0 Å². The molecule has 190 valence electrons. The van der Waals surface area contributed by atoms with Crippen molar-refractivity contribution < 1.29 is 19.0 Å². The van der Waals surface area contributed by atoms with Crippen LogP contribution < -0.4 is 4.74 Å². The number of halogens is 1. The molecule has 0 fully saturated rings. The van der Waals surface area contributed by atoms with E-state index >= 15 is 0 Å². The zero-order valence-corrected chi connectivity index (χ0v) is 21.2. The van der Waals surface area contributed by atoms with Crippen molar-refractivity contribution in [3.8, 4) is 22.8 Å². The fourth-order valence-electron chi connectivity index (χ4n) is 5.05. The lowest BCUT2D eigenvalue weighted by atomic mass is 9.93. The molecule has 7 heteroatoms. The van der Waals surface area contributed by atoms with E-state index < -0.39 is 6.04 Å². The minimum absolute atomic E-state index is 0.117. The molecule has 0 saturated carbocycles. The molecule has 0 bridgehead atoms. The van der Waals surface area contributed by atoms with Gasteiger partial charge in [-0.3, -0.25) is 9.89 Å². The number of unbranched alkanes of at least 4 members (excludes halogenated alkanes) is 1. The lowest BCUT2D eigenvalue weighted by Crippen LogP contribution is -2.29. The molecule has 1 aliphatic heterocycles. The number of aromatic amines is 1. The Hall–Kier alpha value is -4.13. The minimum atomic E-state index is -0.476. The van der Waals surface area contributed by atoms with Gasteiger partial charge < -0.3 is 14.7 Å². The molecule has 5 rings (SSSR count). The first-order valence-electron chi connectivity index (χ1n) is 12.5. The molecule has 6 nitrogen and oxygen atoms in total. The number of amides is 1. The van der Waals surface area contributed by atoms with Gasteiger partial charge in [0.15, 0.2) is 0 Å². The normalized spacial score (nSPS) is 14.8. The van der Waals surface area contributed by atoms with Crippen LogP contribution in [0.15, 0.2) is 60.7 Å². The van der Waals surface area contributed by atoms with Crippen molar-refractivity contribution in [3.63, 3.8) is 0 Å². The maximum Gasteiger partial charge on any atom is 0.273 e. The Bertz CT molecular complexity index is 1420. The van der Waals surface area contributed by atoms with E-state index in [1.165, 1.54) is 12.1 Å². The van der Waals surface area contributed by atoms with Gasteiger partial charge in [-0.2, -0.15) is 5.10 Å². The van der Waals surface area contributed by atoms with Crippen LogP contribution in [0.3, 0.4) is 0 Å². The molecule has 0 spiro atoms. The van der Waals surface area contributed by atoms with E-state index in [9.17, 15) is 14.3 Å². The minimum Gasteiger partial charge on any atom is -0.507 e. The Morgan fingerprint density at radius 1 is 1.11 bits per heavy atom. The van der Waals surface area contributed by atoms with Gasteiger partial charge in [-0.25, -0.2) is 4.39 Å². The van der Waals surface area contributed by atoms with E-state index in [0.29, 0.717) is 29.1 Å². The third-order valence-corrected chi connectivity index (χ3v) is 6.77. The van der Waals surface area contributed by atoms with Gasteiger partial charge in [0.2, 0.25) is 0 Å².